The molecule has 0 saturated carbocycles. The summed E-state index contributed by atoms with van der Waals surface area (Å²) in [6, 6.07) is 9.28. The fraction of sp³-hybridized carbons (Fsp3) is 0.286. The molecule has 8 heteroatoms. The van der Waals surface area contributed by atoms with Gasteiger partial charge in [0.1, 0.15) is 5.75 Å². The average Bonchev–Trinajstić information content (AvgIpc) is 3.05. The molecule has 3 rings (SSSR count). The number of nitrogens with one attached hydrogen (secondary N) is 1. The minimum absolute atomic E-state index is 0.204. The van der Waals surface area contributed by atoms with E-state index in [-0.39, 0.29) is 18.2 Å². The number of thiazole rings is 1. The van der Waals surface area contributed by atoms with Crippen molar-refractivity contribution in [2.75, 3.05) is 5.32 Å². The summed E-state index contributed by atoms with van der Waals surface area (Å²) in [4.78, 5) is 4.75. The summed E-state index contributed by atoms with van der Waals surface area (Å²) in [5, 5.41) is 3.03. The summed E-state index contributed by atoms with van der Waals surface area (Å²) in [7, 11) is 0. The zero-order valence-electron chi connectivity index (χ0n) is 16.1. The van der Waals surface area contributed by atoms with Crippen LogP contribution in [0.5, 0.6) is 11.5 Å². The molecule has 2 aromatic carbocycles. The topological polar surface area (TPSA) is 34.1 Å². The Balaban J connectivity index is 1.96. The van der Waals surface area contributed by atoms with Gasteiger partial charge in [-0.05, 0) is 48.2 Å². The second kappa shape index (κ2) is 8.63. The molecule has 154 valence electrons. The molecular weight excluding hydrogens is 421 g/mol. The molecule has 0 amide bonds. The van der Waals surface area contributed by atoms with Crippen LogP contribution in [0.1, 0.15) is 41.3 Å². The lowest BCUT2D eigenvalue weighted by atomic mass is 10.0. The summed E-state index contributed by atoms with van der Waals surface area (Å²) in [6.07, 6.45) is -2.86. The third-order valence-corrected chi connectivity index (χ3v) is 5.41. The maximum atomic E-state index is 13.2. The van der Waals surface area contributed by atoms with Crippen LogP contribution < -0.4 is 10.1 Å². The molecule has 0 unspecified atom stereocenters. The van der Waals surface area contributed by atoms with Gasteiger partial charge in [-0.15, -0.1) is 11.3 Å². The van der Waals surface area contributed by atoms with Crippen molar-refractivity contribution in [3.05, 3.63) is 68.6 Å². The number of nitrogens with zero attached hydrogens (tertiary/aromatic N) is 1. The molecule has 0 bridgehead atoms. The number of ether oxygens (including phenoxy) is 1. The number of aryl methyl sites for hydroxylation is 1. The van der Waals surface area contributed by atoms with Crippen molar-refractivity contribution < 1.29 is 17.9 Å². The highest BCUT2D eigenvalue weighted by atomic mass is 35.5. The van der Waals surface area contributed by atoms with Crippen LogP contribution in [0.3, 0.4) is 0 Å². The summed E-state index contributed by atoms with van der Waals surface area (Å²) in [6.45, 7) is 6.30. The zero-order valence-corrected chi connectivity index (χ0v) is 17.7. The molecule has 0 radical (unpaired) electrons. The normalized spacial score (nSPS) is 11.7. The third-order valence-electron chi connectivity index (χ3n) is 4.30. The molecule has 0 aliphatic carbocycles. The van der Waals surface area contributed by atoms with Crippen LogP contribution in [0.15, 0.2) is 42.6 Å². The molecule has 1 aromatic heterocycles. The van der Waals surface area contributed by atoms with E-state index in [1.165, 1.54) is 17.4 Å². The molecule has 29 heavy (non-hydrogen) atoms. The lowest BCUT2D eigenvalue weighted by Crippen LogP contribution is -2.07. The van der Waals surface area contributed by atoms with E-state index in [9.17, 15) is 13.2 Å². The number of hydrogen-bond acceptors (Lipinski definition) is 4. The molecule has 0 spiro atoms. The Bertz CT molecular complexity index is 1000. The Morgan fingerprint density at radius 1 is 1.14 bits per heavy atom. The van der Waals surface area contributed by atoms with Crippen molar-refractivity contribution in [2.24, 2.45) is 0 Å². The number of halogens is 4. The van der Waals surface area contributed by atoms with E-state index in [1.54, 1.807) is 6.20 Å². The Hall–Kier alpha value is -2.25. The van der Waals surface area contributed by atoms with Gasteiger partial charge in [0, 0.05) is 11.1 Å². The van der Waals surface area contributed by atoms with Gasteiger partial charge in [0.15, 0.2) is 10.2 Å². The largest absolute Gasteiger partial charge is 0.455 e. The van der Waals surface area contributed by atoms with E-state index in [4.69, 9.17) is 16.3 Å². The maximum absolute atomic E-state index is 13.2. The first kappa shape index (κ1) is 21.5. The molecule has 0 aliphatic rings. The quantitative estimate of drug-likeness (QED) is 0.427. The standard InChI is InChI=1S/C21H20ClF3N2OS/c1-12(2)16-6-4-13(3)8-19(16)28-18-7-5-14(21(23,24)25)9-17(18)26-10-15-11-27-20(22)29-15/h4-9,11-12,26H,10H2,1-3H3. The van der Waals surface area contributed by atoms with Crippen LogP contribution in [0.4, 0.5) is 18.9 Å². The van der Waals surface area contributed by atoms with Crippen LogP contribution in [0.25, 0.3) is 0 Å². The van der Waals surface area contributed by atoms with Crippen molar-refractivity contribution in [3.63, 3.8) is 0 Å². The first-order chi connectivity index (χ1) is 13.6. The van der Waals surface area contributed by atoms with Crippen molar-refractivity contribution in [2.45, 2.75) is 39.4 Å². The molecule has 0 saturated heterocycles. The predicted octanol–water partition coefficient (Wildman–Crippen LogP) is 7.65. The number of alkyl halides is 3. The predicted molar refractivity (Wildman–Crippen MR) is 111 cm³/mol. The van der Waals surface area contributed by atoms with Crippen LogP contribution in [-0.4, -0.2) is 4.98 Å². The number of benzene rings is 2. The minimum atomic E-state index is -4.45. The van der Waals surface area contributed by atoms with Gasteiger partial charge in [-0.1, -0.05) is 37.6 Å². The smallest absolute Gasteiger partial charge is 0.416 e. The van der Waals surface area contributed by atoms with Gasteiger partial charge in [0.25, 0.3) is 0 Å². The van der Waals surface area contributed by atoms with Gasteiger partial charge in [0.2, 0.25) is 0 Å². The van der Waals surface area contributed by atoms with Crippen LogP contribution >= 0.6 is 22.9 Å². The Labute approximate surface area is 176 Å². The van der Waals surface area contributed by atoms with Crippen LogP contribution in [0, 0.1) is 6.92 Å². The highest BCUT2D eigenvalue weighted by molar-refractivity contribution is 7.15. The van der Waals surface area contributed by atoms with Crippen molar-refractivity contribution in [1.29, 1.82) is 0 Å². The summed E-state index contributed by atoms with van der Waals surface area (Å²) >= 11 is 7.10. The summed E-state index contributed by atoms with van der Waals surface area (Å²) < 4.78 is 46.1. The SMILES string of the molecule is Cc1ccc(C(C)C)c(Oc2ccc(C(F)(F)F)cc2NCc2cnc(Cl)s2)c1. The van der Waals surface area contributed by atoms with Crippen LogP contribution in [0.2, 0.25) is 4.47 Å². The minimum Gasteiger partial charge on any atom is -0.455 e. The molecule has 1 N–H and O–H groups in total. The fourth-order valence-electron chi connectivity index (χ4n) is 2.81. The zero-order chi connectivity index (χ0) is 21.2. The molecule has 3 nitrogen and oxygen atoms in total. The van der Waals surface area contributed by atoms with Crippen molar-refractivity contribution >= 4 is 28.6 Å². The summed E-state index contributed by atoms with van der Waals surface area (Å²) in [5.41, 5.74) is 1.49. The molecule has 1 heterocycles. The Morgan fingerprint density at radius 3 is 2.52 bits per heavy atom. The number of hydrogen-bond donors (Lipinski definition) is 1. The molecule has 0 fully saturated rings. The Morgan fingerprint density at radius 2 is 1.90 bits per heavy atom. The van der Waals surface area contributed by atoms with E-state index in [0.717, 1.165) is 28.1 Å². The lowest BCUT2D eigenvalue weighted by Gasteiger charge is -2.18. The van der Waals surface area contributed by atoms with Gasteiger partial charge < -0.3 is 10.1 Å². The lowest BCUT2D eigenvalue weighted by molar-refractivity contribution is -0.137. The van der Waals surface area contributed by atoms with Gasteiger partial charge >= 0.3 is 6.18 Å². The molecule has 0 atom stereocenters. The van der Waals surface area contributed by atoms with Gasteiger partial charge in [-0.25, -0.2) is 4.98 Å². The van der Waals surface area contributed by atoms with Gasteiger partial charge in [-0.3, -0.25) is 0 Å². The van der Waals surface area contributed by atoms with Gasteiger partial charge in [0.05, 0.1) is 17.8 Å². The highest BCUT2D eigenvalue weighted by Gasteiger charge is 2.31. The molecule has 3 aromatic rings. The monoisotopic (exact) mass is 440 g/mol. The van der Waals surface area contributed by atoms with Crippen LogP contribution in [-0.2, 0) is 12.7 Å². The number of anilines is 1. The third kappa shape index (κ3) is 5.42. The first-order valence-electron chi connectivity index (χ1n) is 8.97. The number of rotatable bonds is 6. The molecule has 0 aliphatic heterocycles. The maximum Gasteiger partial charge on any atom is 0.416 e. The highest BCUT2D eigenvalue weighted by Crippen LogP contribution is 2.39. The van der Waals surface area contributed by atoms with E-state index < -0.39 is 11.7 Å². The second-order valence-corrected chi connectivity index (χ2v) is 8.64. The fourth-order valence-corrected chi connectivity index (χ4v) is 3.72. The number of aromatic nitrogens is 1. The second-order valence-electron chi connectivity index (χ2n) is 6.94. The van der Waals surface area contributed by atoms with E-state index in [2.05, 4.69) is 10.3 Å². The summed E-state index contributed by atoms with van der Waals surface area (Å²) in [5.74, 6) is 1.15. The molecular formula is C21H20ClF3N2OS. The first-order valence-corrected chi connectivity index (χ1v) is 10.2. The average molecular weight is 441 g/mol. The van der Waals surface area contributed by atoms with E-state index >= 15 is 0 Å². The Kier molecular flexibility index (Phi) is 6.39. The van der Waals surface area contributed by atoms with Crippen molar-refractivity contribution in [3.8, 4) is 11.5 Å². The van der Waals surface area contributed by atoms with Crippen molar-refractivity contribution in [1.82, 2.24) is 4.98 Å². The van der Waals surface area contributed by atoms with Gasteiger partial charge in [-0.2, -0.15) is 13.2 Å². The van der Waals surface area contributed by atoms with E-state index in [0.29, 0.717) is 16.0 Å². The van der Waals surface area contributed by atoms with E-state index in [1.807, 2.05) is 39.0 Å².